The van der Waals surface area contributed by atoms with Crippen molar-refractivity contribution in [2.24, 2.45) is 0 Å². The molecular weight excluding hydrogens is 222 g/mol. The summed E-state index contributed by atoms with van der Waals surface area (Å²) in [4.78, 5) is 7.40. The topological polar surface area (TPSA) is 40.7 Å². The predicted molar refractivity (Wildman–Crippen MR) is 74.6 cm³/mol. The third kappa shape index (κ3) is 2.20. The van der Waals surface area contributed by atoms with Gasteiger partial charge in [0.1, 0.15) is 0 Å². The van der Waals surface area contributed by atoms with Gasteiger partial charge in [0.2, 0.25) is 0 Å². The molecule has 0 aliphatic carbocycles. The highest BCUT2D eigenvalue weighted by Gasteiger charge is 1.98. The summed E-state index contributed by atoms with van der Waals surface area (Å²) >= 11 is 0. The van der Waals surface area contributed by atoms with Crippen LogP contribution in [0.25, 0.3) is 10.9 Å². The minimum absolute atomic E-state index is 0.806. The van der Waals surface area contributed by atoms with Crippen LogP contribution in [-0.2, 0) is 6.54 Å². The number of pyridine rings is 1. The molecule has 0 aliphatic heterocycles. The summed E-state index contributed by atoms with van der Waals surface area (Å²) in [6, 6.07) is 10.6. The normalized spacial score (nSPS) is 10.7. The highest BCUT2D eigenvalue weighted by molar-refractivity contribution is 5.79. The number of nitrogens with one attached hydrogen (secondary N) is 2. The van der Waals surface area contributed by atoms with Crippen LogP contribution in [0.5, 0.6) is 0 Å². The van der Waals surface area contributed by atoms with Crippen molar-refractivity contribution >= 4 is 16.6 Å². The van der Waals surface area contributed by atoms with E-state index in [0.29, 0.717) is 0 Å². The van der Waals surface area contributed by atoms with Gasteiger partial charge in [0, 0.05) is 30.7 Å². The molecule has 0 fully saturated rings. The molecule has 0 bridgehead atoms. The smallest absolute Gasteiger partial charge is 0.0532 e. The largest absolute Gasteiger partial charge is 0.380 e. The van der Waals surface area contributed by atoms with Crippen LogP contribution in [0.3, 0.4) is 0 Å². The fourth-order valence-corrected chi connectivity index (χ4v) is 2.06. The minimum Gasteiger partial charge on any atom is -0.380 e. The summed E-state index contributed by atoms with van der Waals surface area (Å²) in [5.41, 5.74) is 4.66. The number of aryl methyl sites for hydroxylation is 1. The molecule has 0 amide bonds. The van der Waals surface area contributed by atoms with Gasteiger partial charge >= 0.3 is 0 Å². The summed E-state index contributed by atoms with van der Waals surface area (Å²) in [5.74, 6) is 0. The second kappa shape index (κ2) is 4.53. The Morgan fingerprint density at radius 1 is 1.17 bits per heavy atom. The van der Waals surface area contributed by atoms with Crippen molar-refractivity contribution in [1.29, 1.82) is 0 Å². The van der Waals surface area contributed by atoms with Gasteiger partial charge in [0.25, 0.3) is 0 Å². The molecule has 2 heterocycles. The molecule has 18 heavy (non-hydrogen) atoms. The first-order chi connectivity index (χ1) is 8.81. The number of hydrogen-bond donors (Lipinski definition) is 2. The van der Waals surface area contributed by atoms with E-state index >= 15 is 0 Å². The molecule has 0 aliphatic rings. The Balaban J connectivity index is 1.76. The van der Waals surface area contributed by atoms with Gasteiger partial charge in [-0.2, -0.15) is 0 Å². The van der Waals surface area contributed by atoms with Crippen LogP contribution in [0, 0.1) is 6.92 Å². The standard InChI is InChI=1S/C15H15N3/c1-11-6-14(10-16-8-11)18-9-12-2-3-13-4-5-17-15(13)7-12/h2-8,10,17-18H,9H2,1H3. The molecule has 3 nitrogen and oxygen atoms in total. The summed E-state index contributed by atoms with van der Waals surface area (Å²) in [6.45, 7) is 2.85. The maximum absolute atomic E-state index is 4.17. The fraction of sp³-hybridized carbons (Fsp3) is 0.133. The van der Waals surface area contributed by atoms with Gasteiger partial charge in [0.05, 0.1) is 5.69 Å². The van der Waals surface area contributed by atoms with E-state index in [1.54, 1.807) is 0 Å². The van der Waals surface area contributed by atoms with E-state index in [1.807, 2.05) is 25.5 Å². The number of anilines is 1. The van der Waals surface area contributed by atoms with Crippen LogP contribution in [0.4, 0.5) is 5.69 Å². The van der Waals surface area contributed by atoms with Gasteiger partial charge in [-0.05, 0) is 41.6 Å². The zero-order valence-corrected chi connectivity index (χ0v) is 10.3. The number of hydrogen-bond acceptors (Lipinski definition) is 2. The molecule has 0 unspecified atom stereocenters. The Labute approximate surface area is 106 Å². The summed E-state index contributed by atoms with van der Waals surface area (Å²) in [7, 11) is 0. The van der Waals surface area contributed by atoms with Crippen LogP contribution in [0.15, 0.2) is 48.9 Å². The van der Waals surface area contributed by atoms with Crippen molar-refractivity contribution < 1.29 is 0 Å². The van der Waals surface area contributed by atoms with Crippen molar-refractivity contribution in [3.8, 4) is 0 Å². The first-order valence-electron chi connectivity index (χ1n) is 6.03. The molecular formula is C15H15N3. The van der Waals surface area contributed by atoms with Gasteiger partial charge in [-0.3, -0.25) is 4.98 Å². The van der Waals surface area contributed by atoms with E-state index in [2.05, 4.69) is 45.6 Å². The maximum atomic E-state index is 4.17. The van der Waals surface area contributed by atoms with Crippen LogP contribution < -0.4 is 5.32 Å². The van der Waals surface area contributed by atoms with Crippen LogP contribution in [0.1, 0.15) is 11.1 Å². The number of nitrogens with zero attached hydrogens (tertiary/aromatic N) is 1. The van der Waals surface area contributed by atoms with E-state index in [0.717, 1.165) is 12.2 Å². The molecule has 0 saturated carbocycles. The van der Waals surface area contributed by atoms with Gasteiger partial charge in [0.15, 0.2) is 0 Å². The van der Waals surface area contributed by atoms with Crippen molar-refractivity contribution in [3.63, 3.8) is 0 Å². The number of rotatable bonds is 3. The van der Waals surface area contributed by atoms with Crippen molar-refractivity contribution in [3.05, 3.63) is 60.0 Å². The minimum atomic E-state index is 0.806. The molecule has 2 aromatic heterocycles. The van der Waals surface area contributed by atoms with E-state index in [1.165, 1.54) is 22.0 Å². The van der Waals surface area contributed by atoms with Gasteiger partial charge < -0.3 is 10.3 Å². The highest BCUT2D eigenvalue weighted by atomic mass is 14.9. The van der Waals surface area contributed by atoms with Crippen molar-refractivity contribution in [2.75, 3.05) is 5.32 Å². The van der Waals surface area contributed by atoms with E-state index in [4.69, 9.17) is 0 Å². The van der Waals surface area contributed by atoms with Crippen LogP contribution in [-0.4, -0.2) is 9.97 Å². The molecule has 0 spiro atoms. The van der Waals surface area contributed by atoms with Crippen LogP contribution >= 0.6 is 0 Å². The average molecular weight is 237 g/mol. The van der Waals surface area contributed by atoms with E-state index in [9.17, 15) is 0 Å². The van der Waals surface area contributed by atoms with Gasteiger partial charge in [-0.15, -0.1) is 0 Å². The molecule has 3 rings (SSSR count). The lowest BCUT2D eigenvalue weighted by atomic mass is 10.1. The fourth-order valence-electron chi connectivity index (χ4n) is 2.06. The monoisotopic (exact) mass is 237 g/mol. The number of benzene rings is 1. The quantitative estimate of drug-likeness (QED) is 0.732. The number of H-pyrrole nitrogens is 1. The Bertz CT molecular complexity index is 670. The maximum Gasteiger partial charge on any atom is 0.0532 e. The lowest BCUT2D eigenvalue weighted by Crippen LogP contribution is -1.99. The summed E-state index contributed by atoms with van der Waals surface area (Å²) < 4.78 is 0. The second-order valence-corrected chi connectivity index (χ2v) is 4.50. The van der Waals surface area contributed by atoms with Crippen LogP contribution in [0.2, 0.25) is 0 Å². The third-order valence-electron chi connectivity index (χ3n) is 2.99. The van der Waals surface area contributed by atoms with Gasteiger partial charge in [-0.25, -0.2) is 0 Å². The Kier molecular flexibility index (Phi) is 2.73. The summed E-state index contributed by atoms with van der Waals surface area (Å²) in [5, 5.41) is 4.63. The van der Waals surface area contributed by atoms with Crippen molar-refractivity contribution in [2.45, 2.75) is 13.5 Å². The van der Waals surface area contributed by atoms with E-state index in [-0.39, 0.29) is 0 Å². The highest BCUT2D eigenvalue weighted by Crippen LogP contribution is 2.15. The number of aromatic nitrogens is 2. The molecule has 0 radical (unpaired) electrons. The zero-order chi connectivity index (χ0) is 12.4. The van der Waals surface area contributed by atoms with Crippen molar-refractivity contribution in [1.82, 2.24) is 9.97 Å². The number of fused-ring (bicyclic) bond motifs is 1. The Morgan fingerprint density at radius 3 is 3.00 bits per heavy atom. The Hall–Kier alpha value is -2.29. The molecule has 0 atom stereocenters. The zero-order valence-electron chi connectivity index (χ0n) is 10.3. The Morgan fingerprint density at radius 2 is 2.11 bits per heavy atom. The SMILES string of the molecule is Cc1cncc(NCc2ccc3cc[nH]c3c2)c1. The molecule has 3 heteroatoms. The lowest BCUT2D eigenvalue weighted by molar-refractivity contribution is 1.13. The molecule has 1 aromatic carbocycles. The van der Waals surface area contributed by atoms with E-state index < -0.39 is 0 Å². The van der Waals surface area contributed by atoms with Gasteiger partial charge in [-0.1, -0.05) is 12.1 Å². The summed E-state index contributed by atoms with van der Waals surface area (Å²) in [6.07, 6.45) is 5.67. The molecule has 2 N–H and O–H groups in total. The second-order valence-electron chi connectivity index (χ2n) is 4.50. The molecule has 0 saturated heterocycles. The molecule has 3 aromatic rings. The lowest BCUT2D eigenvalue weighted by Gasteiger charge is -2.07. The molecule has 90 valence electrons. The predicted octanol–water partition coefficient (Wildman–Crippen LogP) is 3.48. The third-order valence-corrected chi connectivity index (χ3v) is 2.99. The first-order valence-corrected chi connectivity index (χ1v) is 6.03. The number of aromatic amines is 1. The first kappa shape index (κ1) is 10.8. The average Bonchev–Trinajstić information content (AvgIpc) is 2.84.